The van der Waals surface area contributed by atoms with E-state index in [1.54, 1.807) is 11.3 Å². The molecule has 0 spiro atoms. The molecule has 0 fully saturated rings. The first-order valence-electron chi connectivity index (χ1n) is 5.92. The molecule has 2 aromatic rings. The van der Waals surface area contributed by atoms with Gasteiger partial charge in [0.15, 0.2) is 0 Å². The second kappa shape index (κ2) is 6.94. The van der Waals surface area contributed by atoms with E-state index in [1.807, 2.05) is 18.2 Å². The predicted molar refractivity (Wildman–Crippen MR) is 78.6 cm³/mol. The molecule has 0 aliphatic heterocycles. The highest BCUT2D eigenvalue weighted by Gasteiger charge is 1.92. The van der Waals surface area contributed by atoms with Crippen molar-refractivity contribution in [1.29, 1.82) is 0 Å². The van der Waals surface area contributed by atoms with Gasteiger partial charge in [0, 0.05) is 0 Å². The Morgan fingerprint density at radius 1 is 1.11 bits per heavy atom. The maximum atomic E-state index is 9.05. The number of hydrogen-bond acceptors (Lipinski definition) is 2. The molecule has 0 saturated carbocycles. The average molecular weight is 256 g/mol. The van der Waals surface area contributed by atoms with Crippen LogP contribution in [0.25, 0.3) is 6.08 Å². The Morgan fingerprint density at radius 2 is 2.00 bits per heavy atom. The fraction of sp³-hybridized carbons (Fsp3) is 0.125. The molecule has 1 N–H and O–H groups in total. The molecule has 2 rings (SSSR count). The molecule has 0 atom stereocenters. The van der Waals surface area contributed by atoms with Crippen molar-refractivity contribution in [2.24, 2.45) is 0 Å². The molecule has 18 heavy (non-hydrogen) atoms. The molecule has 0 bridgehead atoms. The van der Waals surface area contributed by atoms with Crippen LogP contribution in [-0.4, -0.2) is 5.11 Å². The lowest BCUT2D eigenvalue weighted by Gasteiger charge is -1.99. The Hall–Kier alpha value is -1.64. The van der Waals surface area contributed by atoms with Gasteiger partial charge in [-0.05, 0) is 39.9 Å². The molecular weight excluding hydrogens is 240 g/mol. The monoisotopic (exact) mass is 256 g/mol. The summed E-state index contributed by atoms with van der Waals surface area (Å²) < 4.78 is 0. The summed E-state index contributed by atoms with van der Waals surface area (Å²) in [6, 6.07) is 10.1. The van der Waals surface area contributed by atoms with Crippen molar-refractivity contribution in [2.75, 3.05) is 0 Å². The molecule has 0 radical (unpaired) electrons. The number of allylic oxidation sites excluding steroid dienone is 3. The molecule has 2 heteroatoms. The molecule has 0 aliphatic rings. The molecule has 0 unspecified atom stereocenters. The van der Waals surface area contributed by atoms with Crippen molar-refractivity contribution in [3.63, 3.8) is 0 Å². The van der Waals surface area contributed by atoms with E-state index in [0.29, 0.717) is 0 Å². The number of benzene rings is 1. The first kappa shape index (κ1) is 12.8. The van der Waals surface area contributed by atoms with E-state index in [9.17, 15) is 0 Å². The molecule has 1 aromatic carbocycles. The number of hydrogen-bond donors (Lipinski definition) is 1. The summed E-state index contributed by atoms with van der Waals surface area (Å²) in [5.74, 6) is 0. The Balaban J connectivity index is 1.87. The standard InChI is InChI=1S/C16H16OS/c17-12-16-8-4-7-14(11-16)5-2-1-3-6-15-9-10-18-13-15/h1-4,6-11,13,17H,5,12H2. The molecule has 92 valence electrons. The number of thiophene rings is 1. The molecule has 1 heterocycles. The van der Waals surface area contributed by atoms with Crippen molar-refractivity contribution in [3.05, 3.63) is 76.0 Å². The van der Waals surface area contributed by atoms with Gasteiger partial charge in [0.2, 0.25) is 0 Å². The van der Waals surface area contributed by atoms with Gasteiger partial charge in [-0.25, -0.2) is 0 Å². The average Bonchev–Trinajstić information content (AvgIpc) is 2.92. The van der Waals surface area contributed by atoms with Gasteiger partial charge in [0.25, 0.3) is 0 Å². The molecule has 0 aliphatic carbocycles. The van der Waals surface area contributed by atoms with Crippen LogP contribution in [0, 0.1) is 0 Å². The molecule has 0 saturated heterocycles. The quantitative estimate of drug-likeness (QED) is 0.800. The van der Waals surface area contributed by atoms with Crippen molar-refractivity contribution in [1.82, 2.24) is 0 Å². The SMILES string of the molecule is OCc1cccc(CC=CC=Cc2ccsc2)c1. The molecular formula is C16H16OS. The number of rotatable bonds is 5. The summed E-state index contributed by atoms with van der Waals surface area (Å²) in [5.41, 5.74) is 3.43. The minimum Gasteiger partial charge on any atom is -0.392 e. The maximum absolute atomic E-state index is 9.05. The highest BCUT2D eigenvalue weighted by molar-refractivity contribution is 7.08. The minimum absolute atomic E-state index is 0.107. The third-order valence-corrected chi connectivity index (χ3v) is 3.31. The van der Waals surface area contributed by atoms with Crippen LogP contribution in [0.1, 0.15) is 16.7 Å². The van der Waals surface area contributed by atoms with Crippen molar-refractivity contribution >= 4 is 17.4 Å². The zero-order valence-electron chi connectivity index (χ0n) is 10.1. The summed E-state index contributed by atoms with van der Waals surface area (Å²) in [4.78, 5) is 0. The van der Waals surface area contributed by atoms with Crippen LogP contribution in [0.3, 0.4) is 0 Å². The van der Waals surface area contributed by atoms with Gasteiger partial charge < -0.3 is 5.11 Å². The number of aliphatic hydroxyl groups excluding tert-OH is 1. The van der Waals surface area contributed by atoms with E-state index in [1.165, 1.54) is 11.1 Å². The Labute approximate surface area is 112 Å². The van der Waals surface area contributed by atoms with Crippen LogP contribution in [0.5, 0.6) is 0 Å². The van der Waals surface area contributed by atoms with Gasteiger partial charge in [-0.3, -0.25) is 0 Å². The minimum atomic E-state index is 0.107. The lowest BCUT2D eigenvalue weighted by molar-refractivity contribution is 0.282. The maximum Gasteiger partial charge on any atom is 0.0681 e. The van der Waals surface area contributed by atoms with Crippen molar-refractivity contribution in [2.45, 2.75) is 13.0 Å². The Bertz CT molecular complexity index is 524. The first-order chi connectivity index (χ1) is 8.88. The third-order valence-electron chi connectivity index (χ3n) is 2.61. The fourth-order valence-corrected chi connectivity index (χ4v) is 2.30. The largest absolute Gasteiger partial charge is 0.392 e. The van der Waals surface area contributed by atoms with E-state index in [0.717, 1.165) is 12.0 Å². The lowest BCUT2D eigenvalue weighted by atomic mass is 10.1. The summed E-state index contributed by atoms with van der Waals surface area (Å²) in [5, 5.41) is 13.2. The van der Waals surface area contributed by atoms with E-state index in [2.05, 4.69) is 47.2 Å². The van der Waals surface area contributed by atoms with Gasteiger partial charge in [-0.1, -0.05) is 48.6 Å². The highest BCUT2D eigenvalue weighted by Crippen LogP contribution is 2.08. The van der Waals surface area contributed by atoms with Crippen LogP contribution in [-0.2, 0) is 13.0 Å². The molecule has 0 amide bonds. The Morgan fingerprint density at radius 3 is 2.78 bits per heavy atom. The van der Waals surface area contributed by atoms with Gasteiger partial charge in [-0.2, -0.15) is 11.3 Å². The van der Waals surface area contributed by atoms with E-state index >= 15 is 0 Å². The zero-order chi connectivity index (χ0) is 12.6. The van der Waals surface area contributed by atoms with E-state index in [-0.39, 0.29) is 6.61 Å². The number of aliphatic hydroxyl groups is 1. The van der Waals surface area contributed by atoms with Crippen LogP contribution >= 0.6 is 11.3 Å². The predicted octanol–water partition coefficient (Wildman–Crippen LogP) is 4.05. The first-order valence-corrected chi connectivity index (χ1v) is 6.87. The second-order valence-electron chi connectivity index (χ2n) is 4.03. The Kier molecular flexibility index (Phi) is 4.94. The summed E-state index contributed by atoms with van der Waals surface area (Å²) in [7, 11) is 0. The van der Waals surface area contributed by atoms with E-state index in [4.69, 9.17) is 5.11 Å². The van der Waals surface area contributed by atoms with E-state index < -0.39 is 0 Å². The third kappa shape index (κ3) is 3.99. The molecule has 1 aromatic heterocycles. The van der Waals surface area contributed by atoms with Crippen LogP contribution < -0.4 is 0 Å². The fourth-order valence-electron chi connectivity index (χ4n) is 1.67. The molecule has 1 nitrogen and oxygen atoms in total. The van der Waals surface area contributed by atoms with Gasteiger partial charge >= 0.3 is 0 Å². The summed E-state index contributed by atoms with van der Waals surface area (Å²) >= 11 is 1.71. The normalized spacial score (nSPS) is 11.6. The van der Waals surface area contributed by atoms with Crippen molar-refractivity contribution in [3.8, 4) is 0 Å². The summed E-state index contributed by atoms with van der Waals surface area (Å²) in [6.07, 6.45) is 9.22. The smallest absolute Gasteiger partial charge is 0.0681 e. The van der Waals surface area contributed by atoms with Crippen molar-refractivity contribution < 1.29 is 5.11 Å². The summed E-state index contributed by atoms with van der Waals surface area (Å²) in [6.45, 7) is 0.107. The zero-order valence-corrected chi connectivity index (χ0v) is 10.9. The van der Waals surface area contributed by atoms with Crippen LogP contribution in [0.2, 0.25) is 0 Å². The van der Waals surface area contributed by atoms with Crippen LogP contribution in [0.4, 0.5) is 0 Å². The highest BCUT2D eigenvalue weighted by atomic mass is 32.1. The second-order valence-corrected chi connectivity index (χ2v) is 4.81. The lowest BCUT2D eigenvalue weighted by Crippen LogP contribution is -1.86. The van der Waals surface area contributed by atoms with Gasteiger partial charge in [0.1, 0.15) is 0 Å². The van der Waals surface area contributed by atoms with Gasteiger partial charge in [0.05, 0.1) is 6.61 Å². The van der Waals surface area contributed by atoms with Gasteiger partial charge in [-0.15, -0.1) is 0 Å². The topological polar surface area (TPSA) is 20.2 Å². The van der Waals surface area contributed by atoms with Crippen LogP contribution in [0.15, 0.2) is 59.3 Å².